The Kier molecular flexibility index (Phi) is 6.06. The van der Waals surface area contributed by atoms with Gasteiger partial charge in [-0.05, 0) is 37.8 Å². The Bertz CT molecular complexity index is 672. The van der Waals surface area contributed by atoms with E-state index < -0.39 is 15.3 Å². The number of aromatic nitrogens is 1. The molecule has 1 aliphatic carbocycles. The molecule has 1 saturated carbocycles. The van der Waals surface area contributed by atoms with Gasteiger partial charge in [0.1, 0.15) is 0 Å². The number of pyridine rings is 1. The highest BCUT2D eigenvalue weighted by molar-refractivity contribution is 7.90. The van der Waals surface area contributed by atoms with Crippen molar-refractivity contribution in [2.75, 3.05) is 19.6 Å². The van der Waals surface area contributed by atoms with Gasteiger partial charge in [0.25, 0.3) is 0 Å². The minimum Gasteiger partial charge on any atom is -0.341 e. The summed E-state index contributed by atoms with van der Waals surface area (Å²) in [6.45, 7) is 1.36. The third kappa shape index (κ3) is 4.79. The lowest BCUT2D eigenvalue weighted by atomic mass is 10.0. The summed E-state index contributed by atoms with van der Waals surface area (Å²) in [7, 11) is -3.42. The molecule has 0 bridgehead atoms. The fourth-order valence-corrected chi connectivity index (χ4v) is 5.28. The second-order valence-electron chi connectivity index (χ2n) is 7.04. The van der Waals surface area contributed by atoms with Crippen LogP contribution in [0.1, 0.15) is 44.2 Å². The van der Waals surface area contributed by atoms with Crippen LogP contribution in [-0.4, -0.2) is 49.1 Å². The first-order valence-electron chi connectivity index (χ1n) is 9.23. The van der Waals surface area contributed by atoms with Crippen molar-refractivity contribution in [3.05, 3.63) is 30.1 Å². The highest BCUT2D eigenvalue weighted by atomic mass is 32.2. The number of carbonyl (C=O) groups excluding carboxylic acids is 1. The Morgan fingerprint density at radius 2 is 2.00 bits per heavy atom. The molecule has 7 heteroatoms. The molecule has 0 spiro atoms. The van der Waals surface area contributed by atoms with Crippen LogP contribution in [0.4, 0.5) is 0 Å². The van der Waals surface area contributed by atoms with Crippen LogP contribution in [0.5, 0.6) is 0 Å². The first-order chi connectivity index (χ1) is 12.1. The molecule has 1 N–H and O–H groups in total. The van der Waals surface area contributed by atoms with E-state index in [1.54, 1.807) is 11.1 Å². The normalized spacial score (nSPS) is 22.2. The van der Waals surface area contributed by atoms with Gasteiger partial charge in [-0.1, -0.05) is 18.9 Å². The van der Waals surface area contributed by atoms with Gasteiger partial charge in [0.2, 0.25) is 15.9 Å². The van der Waals surface area contributed by atoms with E-state index in [1.807, 2.05) is 18.2 Å². The van der Waals surface area contributed by atoms with Crippen molar-refractivity contribution in [3.63, 3.8) is 0 Å². The molecule has 6 nitrogen and oxygen atoms in total. The van der Waals surface area contributed by atoms with Gasteiger partial charge in [-0.2, -0.15) is 0 Å². The molecule has 0 radical (unpaired) electrons. The van der Waals surface area contributed by atoms with Gasteiger partial charge in [-0.15, -0.1) is 0 Å². The second kappa shape index (κ2) is 8.27. The summed E-state index contributed by atoms with van der Waals surface area (Å²) in [5.41, 5.74) is 0.867. The molecule has 1 atom stereocenters. The van der Waals surface area contributed by atoms with Gasteiger partial charge >= 0.3 is 0 Å². The van der Waals surface area contributed by atoms with Crippen LogP contribution in [0.2, 0.25) is 0 Å². The standard InChI is InChI=1S/C18H27N3O3S/c22-18(15-6-1-2-7-15)21-13-5-9-17(14-21)25(23,24)20-12-10-16-8-3-4-11-19-16/h3-4,8,11,15,17,20H,1-2,5-7,9-10,12-14H2. The summed E-state index contributed by atoms with van der Waals surface area (Å²) in [5.74, 6) is 0.268. The van der Waals surface area contributed by atoms with Crippen LogP contribution in [0.3, 0.4) is 0 Å². The minimum atomic E-state index is -3.42. The van der Waals surface area contributed by atoms with E-state index in [0.717, 1.165) is 37.8 Å². The molecule has 2 aliphatic rings. The van der Waals surface area contributed by atoms with Gasteiger partial charge in [-0.3, -0.25) is 9.78 Å². The van der Waals surface area contributed by atoms with E-state index >= 15 is 0 Å². The Labute approximate surface area is 150 Å². The highest BCUT2D eigenvalue weighted by Gasteiger charge is 2.35. The number of nitrogens with one attached hydrogen (secondary N) is 1. The number of amides is 1. The lowest BCUT2D eigenvalue weighted by Gasteiger charge is -2.34. The zero-order valence-corrected chi connectivity index (χ0v) is 15.4. The van der Waals surface area contributed by atoms with Crippen molar-refractivity contribution in [1.29, 1.82) is 0 Å². The summed E-state index contributed by atoms with van der Waals surface area (Å²) in [6, 6.07) is 5.62. The molecule has 0 aromatic carbocycles. The first kappa shape index (κ1) is 18.3. The molecule has 138 valence electrons. The van der Waals surface area contributed by atoms with Gasteiger partial charge in [0, 0.05) is 43.9 Å². The lowest BCUT2D eigenvalue weighted by molar-refractivity contribution is -0.136. The quantitative estimate of drug-likeness (QED) is 0.832. The van der Waals surface area contributed by atoms with E-state index in [9.17, 15) is 13.2 Å². The van der Waals surface area contributed by atoms with Crippen molar-refractivity contribution in [3.8, 4) is 0 Å². The Morgan fingerprint density at radius 3 is 2.72 bits per heavy atom. The van der Waals surface area contributed by atoms with Crippen LogP contribution in [0.25, 0.3) is 0 Å². The summed E-state index contributed by atoms with van der Waals surface area (Å²) < 4.78 is 27.9. The molecule has 2 heterocycles. The summed E-state index contributed by atoms with van der Waals surface area (Å²) >= 11 is 0. The number of likely N-dealkylation sites (tertiary alicyclic amines) is 1. The first-order valence-corrected chi connectivity index (χ1v) is 10.8. The zero-order valence-electron chi connectivity index (χ0n) is 14.6. The number of carbonyl (C=O) groups is 1. The molecule has 1 aromatic rings. The molecular weight excluding hydrogens is 338 g/mol. The minimum absolute atomic E-state index is 0.110. The highest BCUT2D eigenvalue weighted by Crippen LogP contribution is 2.28. The van der Waals surface area contributed by atoms with Crippen molar-refractivity contribution >= 4 is 15.9 Å². The molecule has 1 unspecified atom stereocenters. The van der Waals surface area contributed by atoms with Crippen molar-refractivity contribution < 1.29 is 13.2 Å². The summed E-state index contributed by atoms with van der Waals surface area (Å²) in [4.78, 5) is 18.6. The average molecular weight is 365 g/mol. The van der Waals surface area contributed by atoms with Gasteiger partial charge in [-0.25, -0.2) is 13.1 Å². The largest absolute Gasteiger partial charge is 0.341 e. The number of rotatable bonds is 6. The van der Waals surface area contributed by atoms with Crippen molar-refractivity contribution in [1.82, 2.24) is 14.6 Å². The maximum atomic E-state index is 12.6. The van der Waals surface area contributed by atoms with E-state index in [4.69, 9.17) is 0 Å². The number of hydrogen-bond donors (Lipinski definition) is 1. The maximum Gasteiger partial charge on any atom is 0.225 e. The van der Waals surface area contributed by atoms with Crippen molar-refractivity contribution in [2.24, 2.45) is 5.92 Å². The molecular formula is C18H27N3O3S. The number of hydrogen-bond acceptors (Lipinski definition) is 4. The van der Waals surface area contributed by atoms with Gasteiger partial charge in [0.05, 0.1) is 5.25 Å². The molecule has 25 heavy (non-hydrogen) atoms. The lowest BCUT2D eigenvalue weighted by Crippen LogP contribution is -2.49. The van der Waals surface area contributed by atoms with Crippen LogP contribution in [-0.2, 0) is 21.2 Å². The molecule has 1 amide bonds. The molecule has 3 rings (SSSR count). The molecule has 1 aromatic heterocycles. The summed E-state index contributed by atoms with van der Waals surface area (Å²) in [6.07, 6.45) is 7.78. The summed E-state index contributed by atoms with van der Waals surface area (Å²) in [5, 5.41) is -0.504. The zero-order chi connectivity index (χ0) is 17.7. The van der Waals surface area contributed by atoms with Crippen LogP contribution in [0.15, 0.2) is 24.4 Å². The third-order valence-electron chi connectivity index (χ3n) is 5.24. The van der Waals surface area contributed by atoms with Gasteiger partial charge < -0.3 is 4.90 Å². The third-order valence-corrected chi connectivity index (χ3v) is 7.11. The second-order valence-corrected chi connectivity index (χ2v) is 9.09. The number of sulfonamides is 1. The van der Waals surface area contributed by atoms with E-state index in [1.165, 1.54) is 0 Å². The predicted molar refractivity (Wildman–Crippen MR) is 96.4 cm³/mol. The SMILES string of the molecule is O=C(C1CCCC1)N1CCCC(S(=O)(=O)NCCc2ccccn2)C1. The van der Waals surface area contributed by atoms with Crippen molar-refractivity contribution in [2.45, 2.75) is 50.2 Å². The predicted octanol–water partition coefficient (Wildman–Crippen LogP) is 1.72. The fraction of sp³-hybridized carbons (Fsp3) is 0.667. The van der Waals surface area contributed by atoms with Crippen LogP contribution >= 0.6 is 0 Å². The van der Waals surface area contributed by atoms with Crippen LogP contribution < -0.4 is 4.72 Å². The monoisotopic (exact) mass is 365 g/mol. The number of nitrogens with zero attached hydrogens (tertiary/aromatic N) is 2. The fourth-order valence-electron chi connectivity index (χ4n) is 3.81. The topological polar surface area (TPSA) is 79.4 Å². The smallest absolute Gasteiger partial charge is 0.225 e. The maximum absolute atomic E-state index is 12.6. The Balaban J connectivity index is 1.53. The average Bonchev–Trinajstić information content (AvgIpc) is 3.17. The Morgan fingerprint density at radius 1 is 1.20 bits per heavy atom. The van der Waals surface area contributed by atoms with E-state index in [0.29, 0.717) is 32.5 Å². The van der Waals surface area contributed by atoms with E-state index in [-0.39, 0.29) is 11.8 Å². The van der Waals surface area contributed by atoms with Crippen LogP contribution in [0, 0.1) is 5.92 Å². The van der Waals surface area contributed by atoms with Gasteiger partial charge in [0.15, 0.2) is 0 Å². The Hall–Kier alpha value is -1.47. The molecule has 2 fully saturated rings. The molecule has 1 aliphatic heterocycles. The number of piperidine rings is 1. The molecule has 1 saturated heterocycles. The van der Waals surface area contributed by atoms with E-state index in [2.05, 4.69) is 9.71 Å².